The van der Waals surface area contributed by atoms with Gasteiger partial charge in [0.15, 0.2) is 0 Å². The van der Waals surface area contributed by atoms with Crippen molar-refractivity contribution in [3.63, 3.8) is 0 Å². The minimum absolute atomic E-state index is 0.212. The standard InChI is InChI=1S/C9H14N2O/c12-8-5-11-6-9(1-2-9)3-7(11)4-10-8/h7H,1-6H2,(H,10,12)/t7-/m1/s1. The highest BCUT2D eigenvalue weighted by molar-refractivity contribution is 5.79. The molecule has 3 nitrogen and oxygen atoms in total. The lowest BCUT2D eigenvalue weighted by Crippen LogP contribution is -2.51. The zero-order valence-electron chi connectivity index (χ0n) is 7.18. The van der Waals surface area contributed by atoms with Gasteiger partial charge < -0.3 is 5.32 Å². The van der Waals surface area contributed by atoms with Crippen molar-refractivity contribution in [1.82, 2.24) is 10.2 Å². The first kappa shape index (κ1) is 6.89. The van der Waals surface area contributed by atoms with Gasteiger partial charge in [-0.25, -0.2) is 0 Å². The van der Waals surface area contributed by atoms with Crippen LogP contribution in [-0.4, -0.2) is 36.5 Å². The number of amides is 1. The van der Waals surface area contributed by atoms with Gasteiger partial charge in [-0.05, 0) is 24.7 Å². The molecule has 12 heavy (non-hydrogen) atoms. The lowest BCUT2D eigenvalue weighted by atomic mass is 10.0. The molecule has 0 aromatic heterocycles. The first-order valence-corrected chi connectivity index (χ1v) is 4.78. The zero-order valence-corrected chi connectivity index (χ0v) is 7.18. The van der Waals surface area contributed by atoms with E-state index >= 15 is 0 Å². The van der Waals surface area contributed by atoms with Crippen LogP contribution in [0.4, 0.5) is 0 Å². The smallest absolute Gasteiger partial charge is 0.234 e. The van der Waals surface area contributed by atoms with E-state index < -0.39 is 0 Å². The molecular formula is C9H14N2O. The minimum atomic E-state index is 0.212. The molecule has 1 N–H and O–H groups in total. The summed E-state index contributed by atoms with van der Waals surface area (Å²) in [7, 11) is 0. The Morgan fingerprint density at radius 3 is 3.08 bits per heavy atom. The lowest BCUT2D eigenvalue weighted by molar-refractivity contribution is -0.124. The molecule has 0 aromatic rings. The number of piperazine rings is 1. The molecule has 2 saturated heterocycles. The zero-order chi connectivity index (χ0) is 8.18. The number of fused-ring (bicyclic) bond motifs is 1. The average Bonchev–Trinajstić information content (AvgIpc) is 2.63. The Kier molecular flexibility index (Phi) is 1.16. The van der Waals surface area contributed by atoms with Crippen LogP contribution in [0.25, 0.3) is 0 Å². The van der Waals surface area contributed by atoms with Crippen LogP contribution in [0.2, 0.25) is 0 Å². The van der Waals surface area contributed by atoms with E-state index in [4.69, 9.17) is 0 Å². The minimum Gasteiger partial charge on any atom is -0.353 e. The summed E-state index contributed by atoms with van der Waals surface area (Å²) in [6, 6.07) is 0.658. The second kappa shape index (κ2) is 2.02. The van der Waals surface area contributed by atoms with Crippen molar-refractivity contribution in [3.05, 3.63) is 0 Å². The normalized spacial score (nSPS) is 38.0. The Morgan fingerprint density at radius 1 is 1.50 bits per heavy atom. The number of nitrogens with zero attached hydrogens (tertiary/aromatic N) is 1. The Hall–Kier alpha value is -0.570. The van der Waals surface area contributed by atoms with Crippen molar-refractivity contribution in [2.24, 2.45) is 5.41 Å². The van der Waals surface area contributed by atoms with Gasteiger partial charge in [-0.2, -0.15) is 0 Å². The van der Waals surface area contributed by atoms with Crippen molar-refractivity contribution in [2.75, 3.05) is 19.6 Å². The van der Waals surface area contributed by atoms with Crippen LogP contribution < -0.4 is 5.32 Å². The summed E-state index contributed by atoms with van der Waals surface area (Å²) < 4.78 is 0. The Balaban J connectivity index is 1.77. The lowest BCUT2D eigenvalue weighted by Gasteiger charge is -2.28. The maximum absolute atomic E-state index is 11.1. The summed E-state index contributed by atoms with van der Waals surface area (Å²) in [6.07, 6.45) is 4.12. The molecule has 1 spiro atoms. The first-order chi connectivity index (χ1) is 5.77. The van der Waals surface area contributed by atoms with Gasteiger partial charge in [-0.15, -0.1) is 0 Å². The SMILES string of the molecule is O=C1CN2CC3(CC3)C[C@@H]2CN1. The molecule has 0 bridgehead atoms. The molecule has 66 valence electrons. The monoisotopic (exact) mass is 166 g/mol. The molecule has 3 fully saturated rings. The predicted molar refractivity (Wildman–Crippen MR) is 44.7 cm³/mol. The molecule has 1 aliphatic carbocycles. The van der Waals surface area contributed by atoms with Crippen molar-refractivity contribution in [1.29, 1.82) is 0 Å². The fraction of sp³-hybridized carbons (Fsp3) is 0.889. The van der Waals surface area contributed by atoms with E-state index in [0.29, 0.717) is 18.0 Å². The maximum Gasteiger partial charge on any atom is 0.234 e. The summed E-state index contributed by atoms with van der Waals surface area (Å²) >= 11 is 0. The fourth-order valence-electron chi connectivity index (χ4n) is 2.65. The van der Waals surface area contributed by atoms with Crippen LogP contribution in [-0.2, 0) is 4.79 Å². The van der Waals surface area contributed by atoms with E-state index in [-0.39, 0.29) is 5.91 Å². The molecule has 2 heterocycles. The highest BCUT2D eigenvalue weighted by Crippen LogP contribution is 2.54. The van der Waals surface area contributed by atoms with E-state index in [0.717, 1.165) is 6.54 Å². The summed E-state index contributed by atoms with van der Waals surface area (Å²) in [4.78, 5) is 13.5. The number of rotatable bonds is 0. The largest absolute Gasteiger partial charge is 0.353 e. The fourth-order valence-corrected chi connectivity index (χ4v) is 2.65. The Labute approximate surface area is 72.1 Å². The predicted octanol–water partition coefficient (Wildman–Crippen LogP) is -0.0293. The van der Waals surface area contributed by atoms with Crippen molar-refractivity contribution in [3.8, 4) is 0 Å². The molecule has 3 rings (SSSR count). The highest BCUT2D eigenvalue weighted by Gasteiger charge is 2.52. The number of hydrogen-bond donors (Lipinski definition) is 1. The summed E-state index contributed by atoms with van der Waals surface area (Å²) in [5.74, 6) is 0.212. The van der Waals surface area contributed by atoms with E-state index in [1.54, 1.807) is 0 Å². The number of nitrogens with one attached hydrogen (secondary N) is 1. The van der Waals surface area contributed by atoms with E-state index in [2.05, 4.69) is 10.2 Å². The van der Waals surface area contributed by atoms with Gasteiger partial charge in [0.1, 0.15) is 0 Å². The molecule has 3 heteroatoms. The molecule has 1 saturated carbocycles. The van der Waals surface area contributed by atoms with Crippen LogP contribution >= 0.6 is 0 Å². The Morgan fingerprint density at radius 2 is 2.33 bits per heavy atom. The van der Waals surface area contributed by atoms with Crippen molar-refractivity contribution < 1.29 is 4.79 Å². The third-order valence-corrected chi connectivity index (χ3v) is 3.56. The molecule has 2 aliphatic heterocycles. The Bertz CT molecular complexity index is 235. The van der Waals surface area contributed by atoms with Crippen LogP contribution in [0.5, 0.6) is 0 Å². The molecule has 0 aromatic carbocycles. The third kappa shape index (κ3) is 0.891. The molecule has 1 atom stereocenters. The summed E-state index contributed by atoms with van der Waals surface area (Å²) in [6.45, 7) is 2.72. The van der Waals surface area contributed by atoms with E-state index in [1.165, 1.54) is 25.8 Å². The quantitative estimate of drug-likeness (QED) is 0.548. The van der Waals surface area contributed by atoms with Gasteiger partial charge in [0.2, 0.25) is 5.91 Å². The average molecular weight is 166 g/mol. The van der Waals surface area contributed by atoms with Crippen LogP contribution in [0.1, 0.15) is 19.3 Å². The molecule has 1 amide bonds. The molecule has 0 unspecified atom stereocenters. The second-order valence-electron chi connectivity index (χ2n) is 4.57. The van der Waals surface area contributed by atoms with Crippen LogP contribution in [0.15, 0.2) is 0 Å². The van der Waals surface area contributed by atoms with Crippen LogP contribution in [0.3, 0.4) is 0 Å². The van der Waals surface area contributed by atoms with Gasteiger partial charge in [-0.3, -0.25) is 9.69 Å². The summed E-state index contributed by atoms with van der Waals surface area (Å²) in [5.41, 5.74) is 0.650. The molecule has 3 aliphatic rings. The van der Waals surface area contributed by atoms with Gasteiger partial charge in [0.05, 0.1) is 6.54 Å². The van der Waals surface area contributed by atoms with Gasteiger partial charge in [-0.1, -0.05) is 0 Å². The van der Waals surface area contributed by atoms with Crippen molar-refractivity contribution in [2.45, 2.75) is 25.3 Å². The second-order valence-corrected chi connectivity index (χ2v) is 4.57. The van der Waals surface area contributed by atoms with Gasteiger partial charge >= 0.3 is 0 Å². The van der Waals surface area contributed by atoms with Gasteiger partial charge in [0.25, 0.3) is 0 Å². The topological polar surface area (TPSA) is 32.3 Å². The molecular weight excluding hydrogens is 152 g/mol. The highest BCUT2D eigenvalue weighted by atomic mass is 16.2. The molecule has 0 radical (unpaired) electrons. The summed E-state index contributed by atoms with van der Waals surface area (Å²) in [5, 5.41) is 2.94. The van der Waals surface area contributed by atoms with E-state index in [9.17, 15) is 4.79 Å². The van der Waals surface area contributed by atoms with Gasteiger partial charge in [0, 0.05) is 19.1 Å². The van der Waals surface area contributed by atoms with E-state index in [1.807, 2.05) is 0 Å². The van der Waals surface area contributed by atoms with Crippen molar-refractivity contribution >= 4 is 5.91 Å². The van der Waals surface area contributed by atoms with Crippen LogP contribution in [0, 0.1) is 5.41 Å². The number of carbonyl (C=O) groups excluding carboxylic acids is 1. The third-order valence-electron chi connectivity index (χ3n) is 3.56. The number of hydrogen-bond acceptors (Lipinski definition) is 2. The number of carbonyl (C=O) groups is 1. The maximum atomic E-state index is 11.1. The first-order valence-electron chi connectivity index (χ1n) is 4.78.